The van der Waals surface area contributed by atoms with E-state index in [0.29, 0.717) is 5.56 Å². The van der Waals surface area contributed by atoms with Crippen molar-refractivity contribution in [1.29, 1.82) is 0 Å². The highest BCUT2D eigenvalue weighted by molar-refractivity contribution is 5.97. The Balaban J connectivity index is 2.00. The minimum Gasteiger partial charge on any atom is -0.339 e. The van der Waals surface area contributed by atoms with E-state index in [1.54, 1.807) is 49.7 Å². The maximum absolute atomic E-state index is 12.2. The molecule has 138 valence electrons. The van der Waals surface area contributed by atoms with E-state index in [1.807, 2.05) is 18.2 Å². The van der Waals surface area contributed by atoms with E-state index in [2.05, 4.69) is 22.1 Å². The number of carbonyl (C=O) groups excluding carboxylic acids is 2. The third kappa shape index (κ3) is 6.08. The maximum Gasteiger partial charge on any atom is 0.267 e. The second-order valence-corrected chi connectivity index (χ2v) is 5.75. The number of allylic oxidation sites excluding steroid dienone is 1. The molecule has 0 fully saturated rings. The molecule has 1 aromatic heterocycles. The van der Waals surface area contributed by atoms with Crippen molar-refractivity contribution in [3.05, 3.63) is 71.6 Å². The van der Waals surface area contributed by atoms with Crippen molar-refractivity contribution in [2.75, 3.05) is 0 Å². The average molecular weight is 364 g/mol. The predicted molar refractivity (Wildman–Crippen MR) is 101 cm³/mol. The Morgan fingerprint density at radius 1 is 1.19 bits per heavy atom. The van der Waals surface area contributed by atoms with E-state index < -0.39 is 23.9 Å². The second kappa shape index (κ2) is 9.87. The lowest BCUT2D eigenvalue weighted by molar-refractivity contribution is -0.131. The third-order valence-electron chi connectivity index (χ3n) is 3.63. The van der Waals surface area contributed by atoms with Gasteiger partial charge >= 0.3 is 0 Å². The molecule has 1 heterocycles. The van der Waals surface area contributed by atoms with Crippen LogP contribution in [0.5, 0.6) is 0 Å². The quantitative estimate of drug-likeness (QED) is 0.360. The van der Waals surface area contributed by atoms with Gasteiger partial charge in [0.2, 0.25) is 0 Å². The van der Waals surface area contributed by atoms with Crippen LogP contribution in [0, 0.1) is 11.8 Å². The number of nitrogens with two attached hydrogens (primary N) is 1. The molecule has 0 saturated carbocycles. The standard InChI is InChI=1S/C20H20N4O3/c1-14(21)18(20(26)24-27)23-19(25)17-8-6-15(7-9-17)4-2-3-5-16-10-12-22-13-11-16/h2,4,6-14,18,27H,21H2,1H3,(H,23,25)(H,24,26)/b4-2+/t14-,18+/m1/s1. The largest absolute Gasteiger partial charge is 0.339 e. The number of nitrogens with zero attached hydrogens (tertiary/aromatic N) is 1. The minimum atomic E-state index is -1.04. The summed E-state index contributed by atoms with van der Waals surface area (Å²) in [7, 11) is 0. The Morgan fingerprint density at radius 2 is 1.85 bits per heavy atom. The monoisotopic (exact) mass is 364 g/mol. The molecule has 1 aromatic carbocycles. The Labute approximate surface area is 157 Å². The fraction of sp³-hybridized carbons (Fsp3) is 0.150. The third-order valence-corrected chi connectivity index (χ3v) is 3.63. The van der Waals surface area contributed by atoms with Crippen LogP contribution in [0.15, 0.2) is 54.9 Å². The van der Waals surface area contributed by atoms with Gasteiger partial charge in [0.25, 0.3) is 11.8 Å². The summed E-state index contributed by atoms with van der Waals surface area (Å²) < 4.78 is 0. The highest BCUT2D eigenvalue weighted by atomic mass is 16.5. The van der Waals surface area contributed by atoms with E-state index in [1.165, 1.54) is 5.48 Å². The molecular formula is C20H20N4O3. The summed E-state index contributed by atoms with van der Waals surface area (Å²) in [4.78, 5) is 27.7. The summed E-state index contributed by atoms with van der Waals surface area (Å²) in [5.41, 5.74) is 9.26. The molecule has 27 heavy (non-hydrogen) atoms. The van der Waals surface area contributed by atoms with Gasteiger partial charge in [0.1, 0.15) is 6.04 Å². The molecule has 2 amide bonds. The molecule has 0 bridgehead atoms. The fourth-order valence-corrected chi connectivity index (χ4v) is 2.17. The van der Waals surface area contributed by atoms with Gasteiger partial charge in [0, 0.05) is 29.6 Å². The number of hydroxylamine groups is 1. The second-order valence-electron chi connectivity index (χ2n) is 5.75. The number of nitrogens with one attached hydrogen (secondary N) is 2. The first-order chi connectivity index (χ1) is 13.0. The molecule has 0 aliphatic carbocycles. The molecule has 2 atom stereocenters. The lowest BCUT2D eigenvalue weighted by atomic mass is 10.1. The molecule has 7 heteroatoms. The summed E-state index contributed by atoms with van der Waals surface area (Å²) in [5, 5.41) is 11.2. The van der Waals surface area contributed by atoms with Crippen molar-refractivity contribution in [3.63, 3.8) is 0 Å². The number of carbonyl (C=O) groups is 2. The normalized spacial score (nSPS) is 12.6. The van der Waals surface area contributed by atoms with Crippen LogP contribution in [0.2, 0.25) is 0 Å². The fourth-order valence-electron chi connectivity index (χ4n) is 2.17. The first-order valence-corrected chi connectivity index (χ1v) is 8.20. The van der Waals surface area contributed by atoms with Crippen molar-refractivity contribution in [2.45, 2.75) is 19.0 Å². The van der Waals surface area contributed by atoms with Crippen molar-refractivity contribution in [1.82, 2.24) is 15.8 Å². The van der Waals surface area contributed by atoms with Gasteiger partial charge in [-0.25, -0.2) is 5.48 Å². The number of aromatic nitrogens is 1. The summed E-state index contributed by atoms with van der Waals surface area (Å²) in [6.45, 7) is 1.56. The lowest BCUT2D eigenvalue weighted by Crippen LogP contribution is -2.54. The van der Waals surface area contributed by atoms with Gasteiger partial charge in [0.15, 0.2) is 0 Å². The van der Waals surface area contributed by atoms with Crippen LogP contribution in [0.4, 0.5) is 0 Å². The topological polar surface area (TPSA) is 117 Å². The summed E-state index contributed by atoms with van der Waals surface area (Å²) in [6, 6.07) is 8.70. The zero-order valence-electron chi connectivity index (χ0n) is 14.7. The maximum atomic E-state index is 12.2. The highest BCUT2D eigenvalue weighted by Crippen LogP contribution is 2.07. The number of rotatable bonds is 5. The van der Waals surface area contributed by atoms with E-state index in [0.717, 1.165) is 11.1 Å². The van der Waals surface area contributed by atoms with Gasteiger partial charge < -0.3 is 11.1 Å². The SMILES string of the molecule is C[C@@H](N)[C@H](NC(=O)c1ccc(/C=C/C#Cc2ccncc2)cc1)C(=O)NO. The van der Waals surface area contributed by atoms with Gasteiger partial charge in [0.05, 0.1) is 0 Å². The van der Waals surface area contributed by atoms with Crippen LogP contribution in [-0.4, -0.2) is 34.1 Å². The average Bonchev–Trinajstić information content (AvgIpc) is 2.69. The molecule has 0 unspecified atom stereocenters. The Hall–Kier alpha value is -3.47. The first-order valence-electron chi connectivity index (χ1n) is 8.20. The Bertz CT molecular complexity index is 866. The summed E-state index contributed by atoms with van der Waals surface area (Å²) in [5.74, 6) is 4.67. The van der Waals surface area contributed by atoms with Gasteiger partial charge in [-0.3, -0.25) is 19.8 Å². The molecule has 0 aliphatic rings. The van der Waals surface area contributed by atoms with Crippen LogP contribution >= 0.6 is 0 Å². The van der Waals surface area contributed by atoms with Crippen molar-refractivity contribution in [3.8, 4) is 11.8 Å². The molecule has 5 N–H and O–H groups in total. The Morgan fingerprint density at radius 3 is 2.44 bits per heavy atom. The van der Waals surface area contributed by atoms with E-state index >= 15 is 0 Å². The van der Waals surface area contributed by atoms with E-state index in [4.69, 9.17) is 10.9 Å². The van der Waals surface area contributed by atoms with Gasteiger partial charge in [-0.05, 0) is 48.9 Å². The van der Waals surface area contributed by atoms with Crippen molar-refractivity contribution in [2.24, 2.45) is 5.73 Å². The van der Waals surface area contributed by atoms with E-state index in [-0.39, 0.29) is 0 Å². The van der Waals surface area contributed by atoms with Crippen LogP contribution in [-0.2, 0) is 4.79 Å². The number of pyridine rings is 1. The van der Waals surface area contributed by atoms with E-state index in [9.17, 15) is 9.59 Å². The van der Waals surface area contributed by atoms with Gasteiger partial charge in [-0.15, -0.1) is 0 Å². The smallest absolute Gasteiger partial charge is 0.267 e. The summed E-state index contributed by atoms with van der Waals surface area (Å²) >= 11 is 0. The zero-order chi connectivity index (χ0) is 19.6. The highest BCUT2D eigenvalue weighted by Gasteiger charge is 2.24. The summed E-state index contributed by atoms with van der Waals surface area (Å²) in [6.07, 6.45) is 6.89. The molecule has 2 aromatic rings. The minimum absolute atomic E-state index is 0.367. The number of benzene rings is 1. The molecule has 7 nitrogen and oxygen atoms in total. The number of amides is 2. The zero-order valence-corrected chi connectivity index (χ0v) is 14.7. The number of hydrogen-bond acceptors (Lipinski definition) is 5. The molecular weight excluding hydrogens is 344 g/mol. The van der Waals surface area contributed by atoms with Crippen LogP contribution in [0.1, 0.15) is 28.4 Å². The number of hydrogen-bond donors (Lipinski definition) is 4. The van der Waals surface area contributed by atoms with Crippen LogP contribution < -0.4 is 16.5 Å². The Kier molecular flexibility index (Phi) is 7.26. The molecule has 0 radical (unpaired) electrons. The van der Waals surface area contributed by atoms with Gasteiger partial charge in [-0.2, -0.15) is 0 Å². The predicted octanol–water partition coefficient (Wildman–Crippen LogP) is 1.10. The molecule has 2 rings (SSSR count). The van der Waals surface area contributed by atoms with Crippen LogP contribution in [0.3, 0.4) is 0 Å². The first kappa shape index (κ1) is 19.8. The van der Waals surface area contributed by atoms with Crippen molar-refractivity contribution < 1.29 is 14.8 Å². The molecule has 0 aliphatic heterocycles. The lowest BCUT2D eigenvalue weighted by Gasteiger charge is -2.20. The van der Waals surface area contributed by atoms with Crippen LogP contribution in [0.25, 0.3) is 6.08 Å². The van der Waals surface area contributed by atoms with Gasteiger partial charge in [-0.1, -0.05) is 24.0 Å². The molecule has 0 spiro atoms. The molecule has 0 saturated heterocycles. The van der Waals surface area contributed by atoms with Crippen molar-refractivity contribution >= 4 is 17.9 Å².